The van der Waals surface area contributed by atoms with Crippen molar-refractivity contribution >= 4 is 28.5 Å². The van der Waals surface area contributed by atoms with Gasteiger partial charge in [-0.1, -0.05) is 18.2 Å². The number of ether oxygens (including phenoxy) is 1. The van der Waals surface area contributed by atoms with Crippen LogP contribution in [0.15, 0.2) is 47.3 Å². The highest BCUT2D eigenvalue weighted by molar-refractivity contribution is 5.92. The lowest BCUT2D eigenvalue weighted by Gasteiger charge is -2.08. The van der Waals surface area contributed by atoms with Gasteiger partial charge in [0.2, 0.25) is 0 Å². The van der Waals surface area contributed by atoms with Gasteiger partial charge in [-0.2, -0.15) is 8.78 Å². The predicted octanol–water partition coefficient (Wildman–Crippen LogP) is 2.31. The number of carbonyl (C=O) groups excluding carboxylic acids is 1. The Morgan fingerprint density at radius 2 is 1.96 bits per heavy atom. The number of rotatable bonds is 4. The number of carboxylic acid groups (broad SMARTS) is 1. The third-order valence-corrected chi connectivity index (χ3v) is 4.53. The summed E-state index contributed by atoms with van der Waals surface area (Å²) in [7, 11) is 0. The van der Waals surface area contributed by atoms with E-state index in [1.807, 2.05) is 6.08 Å². The van der Waals surface area contributed by atoms with Crippen LogP contribution in [0.1, 0.15) is 28.2 Å². The van der Waals surface area contributed by atoms with Crippen LogP contribution in [-0.4, -0.2) is 22.1 Å². The average Bonchev–Trinajstić information content (AvgIpc) is 3.05. The highest BCUT2D eigenvalue weighted by Crippen LogP contribution is 2.28. The van der Waals surface area contributed by atoms with E-state index in [1.165, 1.54) is 30.3 Å². The molecule has 2 heterocycles. The standard InChI is InChI=1S/C20H14F2N2O4/c21-20(22)28-14-4-1-11(2-5-14)9-12-7-8-24-17(12)23-16-10-13(19(26)27)3-6-15(16)18(24)25/h1-6,9-10,20H,7-8H2,(H,26,27)/p-1/b12-9+. The maximum atomic E-state index is 12.7. The molecule has 0 fully saturated rings. The molecule has 0 N–H and O–H groups in total. The smallest absolute Gasteiger partial charge is 0.387 e. The van der Waals surface area contributed by atoms with E-state index in [2.05, 4.69) is 9.72 Å². The average molecular weight is 383 g/mol. The Labute approximate surface area is 157 Å². The van der Waals surface area contributed by atoms with Crippen molar-refractivity contribution in [2.24, 2.45) is 0 Å². The van der Waals surface area contributed by atoms with Gasteiger partial charge in [0.25, 0.3) is 5.56 Å². The first-order valence-electron chi connectivity index (χ1n) is 8.44. The molecule has 4 rings (SSSR count). The summed E-state index contributed by atoms with van der Waals surface area (Å²) in [5.74, 6) is -0.828. The van der Waals surface area contributed by atoms with E-state index in [1.54, 1.807) is 16.7 Å². The summed E-state index contributed by atoms with van der Waals surface area (Å²) in [6, 6.07) is 10.2. The lowest BCUT2D eigenvalue weighted by molar-refractivity contribution is -0.255. The normalized spacial score (nSPS) is 14.6. The number of aromatic nitrogens is 2. The van der Waals surface area contributed by atoms with Gasteiger partial charge >= 0.3 is 6.61 Å². The Morgan fingerprint density at radius 3 is 2.64 bits per heavy atom. The van der Waals surface area contributed by atoms with Crippen molar-refractivity contribution in [1.82, 2.24) is 9.55 Å². The Bertz CT molecular complexity index is 1170. The SMILES string of the molecule is O=C([O-])c1ccc2c(=O)n3c(nc2c1)/C(=C/c1ccc(OC(F)F)cc1)CC3. The van der Waals surface area contributed by atoms with Crippen molar-refractivity contribution in [3.05, 3.63) is 69.8 Å². The molecule has 0 saturated heterocycles. The van der Waals surface area contributed by atoms with Gasteiger partial charge in [-0.3, -0.25) is 9.36 Å². The summed E-state index contributed by atoms with van der Waals surface area (Å²) in [6.07, 6.45) is 2.38. The van der Waals surface area contributed by atoms with Gasteiger partial charge in [-0.05, 0) is 53.5 Å². The lowest BCUT2D eigenvalue weighted by atomic mass is 10.1. The fourth-order valence-electron chi connectivity index (χ4n) is 3.23. The molecule has 0 radical (unpaired) electrons. The first kappa shape index (κ1) is 17.8. The molecule has 142 valence electrons. The molecule has 0 spiro atoms. The molecule has 3 aromatic rings. The van der Waals surface area contributed by atoms with Crippen LogP contribution in [0.5, 0.6) is 5.75 Å². The van der Waals surface area contributed by atoms with Crippen molar-refractivity contribution in [1.29, 1.82) is 0 Å². The molecular weight excluding hydrogens is 370 g/mol. The van der Waals surface area contributed by atoms with Gasteiger partial charge in [-0.25, -0.2) is 4.98 Å². The van der Waals surface area contributed by atoms with Gasteiger partial charge in [0.15, 0.2) is 0 Å². The van der Waals surface area contributed by atoms with Crippen molar-refractivity contribution in [3.63, 3.8) is 0 Å². The number of carboxylic acids is 1. The lowest BCUT2D eigenvalue weighted by Crippen LogP contribution is -2.23. The van der Waals surface area contributed by atoms with Crippen LogP contribution in [0.25, 0.3) is 22.6 Å². The van der Waals surface area contributed by atoms with Gasteiger partial charge in [0.1, 0.15) is 11.6 Å². The summed E-state index contributed by atoms with van der Waals surface area (Å²) < 4.78 is 30.4. The van der Waals surface area contributed by atoms with Gasteiger partial charge in [0, 0.05) is 6.54 Å². The van der Waals surface area contributed by atoms with Crippen LogP contribution in [0, 0.1) is 0 Å². The van der Waals surface area contributed by atoms with Gasteiger partial charge in [-0.15, -0.1) is 0 Å². The van der Waals surface area contributed by atoms with E-state index in [9.17, 15) is 23.5 Å². The molecule has 0 atom stereocenters. The highest BCUT2D eigenvalue weighted by Gasteiger charge is 2.21. The van der Waals surface area contributed by atoms with E-state index in [-0.39, 0.29) is 22.4 Å². The summed E-state index contributed by atoms with van der Waals surface area (Å²) in [5, 5.41) is 11.4. The quantitative estimate of drug-likeness (QED) is 0.690. The Balaban J connectivity index is 1.75. The third-order valence-electron chi connectivity index (χ3n) is 4.53. The van der Waals surface area contributed by atoms with E-state index in [0.717, 1.165) is 11.1 Å². The molecule has 0 saturated carbocycles. The van der Waals surface area contributed by atoms with E-state index in [4.69, 9.17) is 0 Å². The summed E-state index contributed by atoms with van der Waals surface area (Å²) in [6.45, 7) is -2.43. The minimum atomic E-state index is -2.89. The van der Waals surface area contributed by atoms with Crippen molar-refractivity contribution in [3.8, 4) is 5.75 Å². The van der Waals surface area contributed by atoms with Crippen LogP contribution in [-0.2, 0) is 6.54 Å². The first-order chi connectivity index (χ1) is 13.4. The highest BCUT2D eigenvalue weighted by atomic mass is 19.3. The molecule has 0 aliphatic carbocycles. The van der Waals surface area contributed by atoms with Crippen LogP contribution in [0.4, 0.5) is 8.78 Å². The van der Waals surface area contributed by atoms with Crippen molar-refractivity contribution in [2.75, 3.05) is 0 Å². The van der Waals surface area contributed by atoms with Gasteiger partial charge in [0.05, 0.1) is 16.9 Å². The van der Waals surface area contributed by atoms with E-state index < -0.39 is 12.6 Å². The van der Waals surface area contributed by atoms with Crippen LogP contribution in [0.3, 0.4) is 0 Å². The predicted molar refractivity (Wildman–Crippen MR) is 95.9 cm³/mol. The molecule has 2 aromatic carbocycles. The number of hydrogen-bond acceptors (Lipinski definition) is 5. The second-order valence-electron chi connectivity index (χ2n) is 6.28. The van der Waals surface area contributed by atoms with Crippen molar-refractivity contribution in [2.45, 2.75) is 19.6 Å². The van der Waals surface area contributed by atoms with Crippen LogP contribution < -0.4 is 15.4 Å². The number of alkyl halides is 2. The second-order valence-corrected chi connectivity index (χ2v) is 6.28. The second kappa shape index (κ2) is 6.88. The number of allylic oxidation sites excluding steroid dienone is 1. The minimum Gasteiger partial charge on any atom is -0.545 e. The zero-order valence-electron chi connectivity index (χ0n) is 14.4. The number of nitrogens with zero attached hydrogens (tertiary/aromatic N) is 2. The number of benzene rings is 2. The monoisotopic (exact) mass is 383 g/mol. The maximum Gasteiger partial charge on any atom is 0.387 e. The molecule has 8 heteroatoms. The zero-order chi connectivity index (χ0) is 19.8. The third kappa shape index (κ3) is 3.24. The summed E-state index contributed by atoms with van der Waals surface area (Å²) in [5.41, 5.74) is 1.52. The van der Waals surface area contributed by atoms with Crippen molar-refractivity contribution < 1.29 is 23.4 Å². The first-order valence-corrected chi connectivity index (χ1v) is 8.44. The molecule has 0 unspecified atom stereocenters. The maximum absolute atomic E-state index is 12.7. The topological polar surface area (TPSA) is 84.2 Å². The Kier molecular flexibility index (Phi) is 4.38. The Morgan fingerprint density at radius 1 is 1.21 bits per heavy atom. The van der Waals surface area contributed by atoms with Gasteiger partial charge < -0.3 is 14.6 Å². The number of halogens is 2. The molecule has 1 aliphatic heterocycles. The largest absolute Gasteiger partial charge is 0.545 e. The minimum absolute atomic E-state index is 0.0532. The number of aromatic carboxylic acids is 1. The fraction of sp³-hybridized carbons (Fsp3) is 0.150. The zero-order valence-corrected chi connectivity index (χ0v) is 14.4. The number of hydrogen-bond donors (Lipinski definition) is 0. The van der Waals surface area contributed by atoms with Crippen LogP contribution in [0.2, 0.25) is 0 Å². The molecule has 0 bridgehead atoms. The molecule has 1 aromatic heterocycles. The molecule has 1 aliphatic rings. The molecule has 0 amide bonds. The van der Waals surface area contributed by atoms with Crippen LogP contribution >= 0.6 is 0 Å². The van der Waals surface area contributed by atoms with E-state index in [0.29, 0.717) is 24.2 Å². The molecule has 6 nitrogen and oxygen atoms in total. The van der Waals surface area contributed by atoms with E-state index >= 15 is 0 Å². The molecule has 28 heavy (non-hydrogen) atoms. The summed E-state index contributed by atoms with van der Waals surface area (Å²) >= 11 is 0. The molecular formula is C20H13F2N2O4-. The summed E-state index contributed by atoms with van der Waals surface area (Å²) in [4.78, 5) is 28.2. The Hall–Kier alpha value is -3.55. The number of carbonyl (C=O) groups is 1. The fourth-order valence-corrected chi connectivity index (χ4v) is 3.23. The number of fused-ring (bicyclic) bond motifs is 2.